The Kier molecular flexibility index (Phi) is 4.83. The lowest BCUT2D eigenvalue weighted by atomic mass is 10.2. The standard InChI is InChI=1S/C16H21N3OS/c20-16(19-11-4-9-17-10-12-19)8-3-7-15-18-13-5-1-2-6-14(13)21-15/h1-2,5-6,17H,3-4,7-12H2. The van der Waals surface area contributed by atoms with Gasteiger partial charge >= 0.3 is 0 Å². The quantitative estimate of drug-likeness (QED) is 0.943. The Morgan fingerprint density at radius 2 is 2.19 bits per heavy atom. The second-order valence-electron chi connectivity index (χ2n) is 5.41. The molecule has 1 N–H and O–H groups in total. The third kappa shape index (κ3) is 3.80. The van der Waals surface area contributed by atoms with Crippen molar-refractivity contribution in [3.63, 3.8) is 0 Å². The van der Waals surface area contributed by atoms with Gasteiger partial charge in [-0.25, -0.2) is 4.98 Å². The van der Waals surface area contributed by atoms with Gasteiger partial charge in [0.05, 0.1) is 15.2 Å². The van der Waals surface area contributed by atoms with Crippen LogP contribution in [0.4, 0.5) is 0 Å². The number of amides is 1. The van der Waals surface area contributed by atoms with Gasteiger partial charge in [0, 0.05) is 26.1 Å². The number of fused-ring (bicyclic) bond motifs is 1. The zero-order valence-electron chi connectivity index (χ0n) is 12.2. The molecule has 3 rings (SSSR count). The Hall–Kier alpha value is -1.46. The van der Waals surface area contributed by atoms with Gasteiger partial charge in [0.2, 0.25) is 5.91 Å². The van der Waals surface area contributed by atoms with Crippen molar-refractivity contribution in [2.45, 2.75) is 25.7 Å². The predicted molar refractivity (Wildman–Crippen MR) is 86.6 cm³/mol. The highest BCUT2D eigenvalue weighted by atomic mass is 32.1. The minimum Gasteiger partial charge on any atom is -0.341 e. The van der Waals surface area contributed by atoms with Crippen LogP contribution in [0.1, 0.15) is 24.3 Å². The van der Waals surface area contributed by atoms with E-state index in [0.29, 0.717) is 12.3 Å². The predicted octanol–water partition coefficient (Wildman–Crippen LogP) is 2.44. The zero-order valence-corrected chi connectivity index (χ0v) is 13.0. The van der Waals surface area contributed by atoms with Crippen molar-refractivity contribution >= 4 is 27.5 Å². The Balaban J connectivity index is 1.49. The van der Waals surface area contributed by atoms with Crippen LogP contribution >= 0.6 is 11.3 Å². The summed E-state index contributed by atoms with van der Waals surface area (Å²) < 4.78 is 1.23. The average molecular weight is 303 g/mol. The number of nitrogens with zero attached hydrogens (tertiary/aromatic N) is 2. The smallest absolute Gasteiger partial charge is 0.222 e. The Morgan fingerprint density at radius 3 is 3.10 bits per heavy atom. The van der Waals surface area contributed by atoms with E-state index in [0.717, 1.165) is 56.0 Å². The number of aryl methyl sites for hydroxylation is 1. The molecule has 21 heavy (non-hydrogen) atoms. The van der Waals surface area contributed by atoms with Crippen LogP contribution in [0.15, 0.2) is 24.3 Å². The summed E-state index contributed by atoms with van der Waals surface area (Å²) in [5.41, 5.74) is 1.07. The van der Waals surface area contributed by atoms with Crippen molar-refractivity contribution in [1.82, 2.24) is 15.2 Å². The van der Waals surface area contributed by atoms with Gasteiger partial charge in [-0.3, -0.25) is 4.79 Å². The van der Waals surface area contributed by atoms with Crippen molar-refractivity contribution < 1.29 is 4.79 Å². The molecule has 1 aromatic heterocycles. The Bertz CT molecular complexity index is 569. The van der Waals surface area contributed by atoms with Gasteiger partial charge in [0.15, 0.2) is 0 Å². The van der Waals surface area contributed by atoms with Crippen LogP contribution in [-0.4, -0.2) is 42.0 Å². The molecule has 0 saturated carbocycles. The summed E-state index contributed by atoms with van der Waals surface area (Å²) in [4.78, 5) is 18.8. The van der Waals surface area contributed by atoms with Crippen LogP contribution in [0.25, 0.3) is 10.2 Å². The molecule has 1 fully saturated rings. The third-order valence-corrected chi connectivity index (χ3v) is 4.91. The highest BCUT2D eigenvalue weighted by Gasteiger charge is 2.15. The SMILES string of the molecule is O=C(CCCc1nc2ccccc2s1)N1CCCNCC1. The van der Waals surface area contributed by atoms with Crippen LogP contribution in [0.5, 0.6) is 0 Å². The van der Waals surface area contributed by atoms with E-state index in [1.165, 1.54) is 4.70 Å². The maximum absolute atomic E-state index is 12.2. The number of rotatable bonds is 4. The maximum atomic E-state index is 12.2. The first kappa shape index (κ1) is 14.5. The fourth-order valence-electron chi connectivity index (χ4n) is 2.67. The van der Waals surface area contributed by atoms with Gasteiger partial charge in [-0.2, -0.15) is 0 Å². The van der Waals surface area contributed by atoms with Gasteiger partial charge in [-0.05, 0) is 37.9 Å². The van der Waals surface area contributed by atoms with Gasteiger partial charge in [-0.1, -0.05) is 12.1 Å². The van der Waals surface area contributed by atoms with Crippen LogP contribution in [0.3, 0.4) is 0 Å². The maximum Gasteiger partial charge on any atom is 0.222 e. The molecule has 1 aliphatic rings. The number of nitrogens with one attached hydrogen (secondary N) is 1. The lowest BCUT2D eigenvalue weighted by Gasteiger charge is -2.19. The summed E-state index contributed by atoms with van der Waals surface area (Å²) in [7, 11) is 0. The van der Waals surface area contributed by atoms with E-state index >= 15 is 0 Å². The van der Waals surface area contributed by atoms with Crippen molar-refractivity contribution in [3.8, 4) is 0 Å². The average Bonchev–Trinajstić information content (AvgIpc) is 2.71. The number of carbonyl (C=O) groups is 1. The van der Waals surface area contributed by atoms with Gasteiger partial charge in [0.25, 0.3) is 0 Å². The van der Waals surface area contributed by atoms with Crippen LogP contribution < -0.4 is 5.32 Å². The van der Waals surface area contributed by atoms with E-state index < -0.39 is 0 Å². The number of thiazole rings is 1. The summed E-state index contributed by atoms with van der Waals surface area (Å²) in [5, 5.41) is 4.47. The monoisotopic (exact) mass is 303 g/mol. The molecule has 1 aromatic carbocycles. The molecule has 5 heteroatoms. The molecule has 1 saturated heterocycles. The van der Waals surface area contributed by atoms with E-state index in [-0.39, 0.29) is 0 Å². The lowest BCUT2D eigenvalue weighted by molar-refractivity contribution is -0.131. The molecule has 0 aliphatic carbocycles. The number of aromatic nitrogens is 1. The summed E-state index contributed by atoms with van der Waals surface area (Å²) in [6.45, 7) is 3.69. The molecule has 112 valence electrons. The molecule has 1 amide bonds. The summed E-state index contributed by atoms with van der Waals surface area (Å²) in [6.07, 6.45) is 3.49. The zero-order chi connectivity index (χ0) is 14.5. The van der Waals surface area contributed by atoms with E-state index in [4.69, 9.17) is 0 Å². The molecule has 0 spiro atoms. The molecule has 1 aliphatic heterocycles. The molecule has 2 aromatic rings. The Labute approximate surface area is 129 Å². The van der Waals surface area contributed by atoms with Crippen molar-refractivity contribution in [2.24, 2.45) is 0 Å². The first-order valence-corrected chi connectivity index (χ1v) is 8.47. The second kappa shape index (κ2) is 7.00. The fourth-order valence-corrected chi connectivity index (χ4v) is 3.68. The number of carbonyl (C=O) groups excluding carboxylic acids is 1. The molecular weight excluding hydrogens is 282 g/mol. The molecule has 2 heterocycles. The molecular formula is C16H21N3OS. The normalized spacial score (nSPS) is 16.1. The number of hydrogen-bond donors (Lipinski definition) is 1. The first-order chi connectivity index (χ1) is 10.3. The first-order valence-electron chi connectivity index (χ1n) is 7.66. The van der Waals surface area contributed by atoms with Crippen molar-refractivity contribution in [2.75, 3.05) is 26.2 Å². The molecule has 0 bridgehead atoms. The highest BCUT2D eigenvalue weighted by Crippen LogP contribution is 2.22. The van der Waals surface area contributed by atoms with Crippen LogP contribution in [0, 0.1) is 0 Å². The van der Waals surface area contributed by atoms with Crippen molar-refractivity contribution in [1.29, 1.82) is 0 Å². The lowest BCUT2D eigenvalue weighted by Crippen LogP contribution is -2.34. The van der Waals surface area contributed by atoms with E-state index in [9.17, 15) is 4.79 Å². The van der Waals surface area contributed by atoms with Gasteiger partial charge < -0.3 is 10.2 Å². The Morgan fingerprint density at radius 1 is 1.29 bits per heavy atom. The third-order valence-electron chi connectivity index (χ3n) is 3.81. The summed E-state index contributed by atoms with van der Waals surface area (Å²) in [5.74, 6) is 0.291. The topological polar surface area (TPSA) is 45.2 Å². The molecule has 0 radical (unpaired) electrons. The van der Waals surface area contributed by atoms with E-state index in [2.05, 4.69) is 16.4 Å². The number of benzene rings is 1. The summed E-state index contributed by atoms with van der Waals surface area (Å²) >= 11 is 1.74. The number of para-hydroxylation sites is 1. The number of hydrogen-bond acceptors (Lipinski definition) is 4. The fraction of sp³-hybridized carbons (Fsp3) is 0.500. The largest absolute Gasteiger partial charge is 0.341 e. The van der Waals surface area contributed by atoms with E-state index in [1.807, 2.05) is 23.1 Å². The molecule has 0 unspecified atom stereocenters. The minimum atomic E-state index is 0.291. The van der Waals surface area contributed by atoms with Crippen LogP contribution in [0.2, 0.25) is 0 Å². The highest BCUT2D eigenvalue weighted by molar-refractivity contribution is 7.18. The molecule has 0 atom stereocenters. The minimum absolute atomic E-state index is 0.291. The van der Waals surface area contributed by atoms with Crippen LogP contribution in [-0.2, 0) is 11.2 Å². The van der Waals surface area contributed by atoms with Crippen molar-refractivity contribution in [3.05, 3.63) is 29.3 Å². The second-order valence-corrected chi connectivity index (χ2v) is 6.53. The van der Waals surface area contributed by atoms with Gasteiger partial charge in [-0.15, -0.1) is 11.3 Å². The van der Waals surface area contributed by atoms with Gasteiger partial charge in [0.1, 0.15) is 0 Å². The molecule has 4 nitrogen and oxygen atoms in total. The van der Waals surface area contributed by atoms with E-state index in [1.54, 1.807) is 11.3 Å². The summed E-state index contributed by atoms with van der Waals surface area (Å²) in [6, 6.07) is 8.21.